The first-order chi connectivity index (χ1) is 8.81. The SMILES string of the molecule is CNCC1CCN(C2CCOC3(CCCC3)C2)C1. The highest BCUT2D eigenvalue weighted by Gasteiger charge is 2.42. The van der Waals surface area contributed by atoms with Gasteiger partial charge in [-0.15, -0.1) is 0 Å². The van der Waals surface area contributed by atoms with E-state index >= 15 is 0 Å². The number of nitrogens with one attached hydrogen (secondary N) is 1. The van der Waals surface area contributed by atoms with Crippen LogP contribution in [0.25, 0.3) is 0 Å². The normalized spacial score (nSPS) is 36.5. The zero-order valence-corrected chi connectivity index (χ0v) is 11.8. The highest BCUT2D eigenvalue weighted by Crippen LogP contribution is 2.41. The topological polar surface area (TPSA) is 24.5 Å². The van der Waals surface area contributed by atoms with Crippen LogP contribution in [0, 0.1) is 5.92 Å². The molecule has 2 atom stereocenters. The molecule has 2 heterocycles. The smallest absolute Gasteiger partial charge is 0.0697 e. The van der Waals surface area contributed by atoms with Gasteiger partial charge in [0.05, 0.1) is 5.60 Å². The summed E-state index contributed by atoms with van der Waals surface area (Å²) in [6.07, 6.45) is 9.34. The second-order valence-electron chi connectivity index (χ2n) is 6.59. The second-order valence-corrected chi connectivity index (χ2v) is 6.59. The van der Waals surface area contributed by atoms with Crippen LogP contribution in [0.1, 0.15) is 44.9 Å². The highest BCUT2D eigenvalue weighted by atomic mass is 16.5. The number of ether oxygens (including phenoxy) is 1. The first-order valence-electron chi connectivity index (χ1n) is 7.84. The van der Waals surface area contributed by atoms with E-state index < -0.39 is 0 Å². The maximum atomic E-state index is 6.15. The molecule has 1 N–H and O–H groups in total. The number of rotatable bonds is 3. The molecular weight excluding hydrogens is 224 g/mol. The van der Waals surface area contributed by atoms with Gasteiger partial charge in [0.2, 0.25) is 0 Å². The Morgan fingerprint density at radius 1 is 1.28 bits per heavy atom. The average molecular weight is 252 g/mol. The number of hydrogen-bond donors (Lipinski definition) is 1. The van der Waals surface area contributed by atoms with E-state index in [-0.39, 0.29) is 5.60 Å². The summed E-state index contributed by atoms with van der Waals surface area (Å²) in [7, 11) is 2.07. The maximum absolute atomic E-state index is 6.15. The Hall–Kier alpha value is -0.120. The van der Waals surface area contributed by atoms with Crippen LogP contribution in [0.15, 0.2) is 0 Å². The third kappa shape index (κ3) is 2.59. The molecule has 1 saturated carbocycles. The van der Waals surface area contributed by atoms with Crippen molar-refractivity contribution in [1.29, 1.82) is 0 Å². The molecule has 0 aromatic carbocycles. The molecule has 1 aliphatic carbocycles. The third-order valence-electron chi connectivity index (χ3n) is 5.31. The number of nitrogens with zero attached hydrogens (tertiary/aromatic N) is 1. The van der Waals surface area contributed by atoms with Gasteiger partial charge in [0, 0.05) is 19.2 Å². The largest absolute Gasteiger partial charge is 0.375 e. The maximum Gasteiger partial charge on any atom is 0.0697 e. The molecule has 2 aliphatic heterocycles. The summed E-state index contributed by atoms with van der Waals surface area (Å²) in [5, 5.41) is 3.33. The molecule has 3 heteroatoms. The van der Waals surface area contributed by atoms with Gasteiger partial charge < -0.3 is 10.1 Å². The molecule has 104 valence electrons. The fourth-order valence-electron chi connectivity index (χ4n) is 4.33. The summed E-state index contributed by atoms with van der Waals surface area (Å²) in [6.45, 7) is 4.80. The van der Waals surface area contributed by atoms with Crippen LogP contribution >= 0.6 is 0 Å². The Balaban J connectivity index is 1.56. The first kappa shape index (κ1) is 12.9. The molecular formula is C15H28N2O. The fourth-order valence-corrected chi connectivity index (χ4v) is 4.33. The van der Waals surface area contributed by atoms with E-state index in [1.807, 2.05) is 0 Å². The lowest BCUT2D eigenvalue weighted by atomic mass is 9.88. The van der Waals surface area contributed by atoms with Crippen molar-refractivity contribution >= 4 is 0 Å². The molecule has 2 unspecified atom stereocenters. The summed E-state index contributed by atoms with van der Waals surface area (Å²) < 4.78 is 6.15. The molecule has 0 amide bonds. The summed E-state index contributed by atoms with van der Waals surface area (Å²) in [4.78, 5) is 2.75. The van der Waals surface area contributed by atoms with Gasteiger partial charge in [-0.1, -0.05) is 12.8 Å². The molecule has 0 aromatic rings. The zero-order valence-electron chi connectivity index (χ0n) is 11.8. The molecule has 0 aromatic heterocycles. The molecule has 3 nitrogen and oxygen atoms in total. The lowest BCUT2D eigenvalue weighted by molar-refractivity contribution is -0.0994. The summed E-state index contributed by atoms with van der Waals surface area (Å²) in [5.41, 5.74) is 0.282. The van der Waals surface area contributed by atoms with Crippen molar-refractivity contribution in [3.8, 4) is 0 Å². The van der Waals surface area contributed by atoms with Crippen molar-refractivity contribution in [1.82, 2.24) is 10.2 Å². The summed E-state index contributed by atoms with van der Waals surface area (Å²) >= 11 is 0. The Labute approximate surface area is 111 Å². The summed E-state index contributed by atoms with van der Waals surface area (Å²) in [5.74, 6) is 0.873. The Bertz CT molecular complexity index is 276. The van der Waals surface area contributed by atoms with Gasteiger partial charge in [0.25, 0.3) is 0 Å². The molecule has 18 heavy (non-hydrogen) atoms. The van der Waals surface area contributed by atoms with Gasteiger partial charge in [-0.25, -0.2) is 0 Å². The predicted molar refractivity (Wildman–Crippen MR) is 73.8 cm³/mol. The highest BCUT2D eigenvalue weighted by molar-refractivity contribution is 4.95. The molecule has 3 fully saturated rings. The molecule has 3 rings (SSSR count). The monoisotopic (exact) mass is 252 g/mol. The van der Waals surface area contributed by atoms with Crippen molar-refractivity contribution in [2.75, 3.05) is 33.3 Å². The Morgan fingerprint density at radius 3 is 2.89 bits per heavy atom. The fraction of sp³-hybridized carbons (Fsp3) is 1.00. The minimum absolute atomic E-state index is 0.282. The van der Waals surface area contributed by atoms with Gasteiger partial charge in [-0.2, -0.15) is 0 Å². The quantitative estimate of drug-likeness (QED) is 0.831. The average Bonchev–Trinajstić information content (AvgIpc) is 3.00. The van der Waals surface area contributed by atoms with Crippen molar-refractivity contribution < 1.29 is 4.74 Å². The van der Waals surface area contributed by atoms with Gasteiger partial charge >= 0.3 is 0 Å². The van der Waals surface area contributed by atoms with E-state index in [1.165, 1.54) is 64.6 Å². The van der Waals surface area contributed by atoms with E-state index in [1.54, 1.807) is 0 Å². The van der Waals surface area contributed by atoms with Crippen LogP contribution in [0.5, 0.6) is 0 Å². The number of likely N-dealkylation sites (tertiary alicyclic amines) is 1. The minimum atomic E-state index is 0.282. The van der Waals surface area contributed by atoms with Crippen molar-refractivity contribution in [3.05, 3.63) is 0 Å². The molecule has 2 saturated heterocycles. The Kier molecular flexibility index (Phi) is 3.92. The van der Waals surface area contributed by atoms with Crippen LogP contribution in [0.3, 0.4) is 0 Å². The van der Waals surface area contributed by atoms with E-state index in [0.717, 1.165) is 18.6 Å². The molecule has 1 spiro atoms. The van der Waals surface area contributed by atoms with Gasteiger partial charge in [0.15, 0.2) is 0 Å². The van der Waals surface area contributed by atoms with Gasteiger partial charge in [0.1, 0.15) is 0 Å². The van der Waals surface area contributed by atoms with E-state index in [4.69, 9.17) is 4.74 Å². The van der Waals surface area contributed by atoms with Gasteiger partial charge in [-0.3, -0.25) is 4.90 Å². The third-order valence-corrected chi connectivity index (χ3v) is 5.31. The molecule has 3 aliphatic rings. The standard InChI is InChI=1S/C15H28N2O/c1-16-11-13-4-8-17(12-13)14-5-9-18-15(10-14)6-2-3-7-15/h13-14,16H,2-12H2,1H3. The summed E-state index contributed by atoms with van der Waals surface area (Å²) in [6, 6.07) is 0.804. The lowest BCUT2D eigenvalue weighted by Crippen LogP contribution is -2.47. The Morgan fingerprint density at radius 2 is 2.11 bits per heavy atom. The predicted octanol–water partition coefficient (Wildman–Crippen LogP) is 2.02. The van der Waals surface area contributed by atoms with Crippen LogP contribution in [0.4, 0.5) is 0 Å². The van der Waals surface area contributed by atoms with Crippen LogP contribution in [0.2, 0.25) is 0 Å². The lowest BCUT2D eigenvalue weighted by Gasteiger charge is -2.42. The second kappa shape index (κ2) is 5.48. The first-order valence-corrected chi connectivity index (χ1v) is 7.84. The molecule has 0 bridgehead atoms. The van der Waals surface area contributed by atoms with Crippen LogP contribution in [-0.2, 0) is 4.74 Å². The minimum Gasteiger partial charge on any atom is -0.375 e. The zero-order chi connectivity index (χ0) is 12.4. The number of hydrogen-bond acceptors (Lipinski definition) is 3. The van der Waals surface area contributed by atoms with E-state index in [2.05, 4.69) is 17.3 Å². The van der Waals surface area contributed by atoms with Crippen molar-refractivity contribution in [2.24, 2.45) is 5.92 Å². The molecule has 0 radical (unpaired) electrons. The van der Waals surface area contributed by atoms with Gasteiger partial charge in [-0.05, 0) is 58.2 Å². The van der Waals surface area contributed by atoms with Crippen molar-refractivity contribution in [2.45, 2.75) is 56.6 Å². The van der Waals surface area contributed by atoms with Crippen LogP contribution in [-0.4, -0.2) is 49.8 Å². The van der Waals surface area contributed by atoms with E-state index in [9.17, 15) is 0 Å². The van der Waals surface area contributed by atoms with Crippen LogP contribution < -0.4 is 5.32 Å². The van der Waals surface area contributed by atoms with Crippen molar-refractivity contribution in [3.63, 3.8) is 0 Å². The van der Waals surface area contributed by atoms with E-state index in [0.29, 0.717) is 0 Å².